The van der Waals surface area contributed by atoms with Crippen LogP contribution in [0.1, 0.15) is 12.8 Å². The van der Waals surface area contributed by atoms with Crippen LogP contribution >= 0.6 is 0 Å². The lowest BCUT2D eigenvalue weighted by Gasteiger charge is -2.38. The smallest absolute Gasteiger partial charge is 0.238 e. The van der Waals surface area contributed by atoms with Gasteiger partial charge < -0.3 is 0 Å². The molecule has 4 heteroatoms. The number of fused-ring (bicyclic) bond motifs is 1. The number of allylic oxidation sites excluding steroid dienone is 2. The van der Waals surface area contributed by atoms with Gasteiger partial charge in [-0.15, -0.1) is 0 Å². The number of amides is 2. The minimum absolute atomic E-state index is 0.120. The zero-order chi connectivity index (χ0) is 13.9. The van der Waals surface area contributed by atoms with E-state index in [1.807, 2.05) is 0 Å². The highest BCUT2D eigenvalue weighted by atomic mass is 19.1. The van der Waals surface area contributed by atoms with Crippen molar-refractivity contribution in [2.75, 3.05) is 4.90 Å². The van der Waals surface area contributed by atoms with Crippen LogP contribution in [-0.4, -0.2) is 11.8 Å². The predicted octanol–water partition coefficient (Wildman–Crippen LogP) is 2.53. The Morgan fingerprint density at radius 2 is 1.40 bits per heavy atom. The Balaban J connectivity index is 1.75. The first-order valence-corrected chi connectivity index (χ1v) is 6.98. The highest BCUT2D eigenvalue weighted by Crippen LogP contribution is 2.50. The average molecular weight is 271 g/mol. The SMILES string of the molecule is O=C1[C@@H]2[C@@H](C(=O)N1c1ccc(F)cc1)[C@H]1C=C[C@H]2CC1. The standard InChI is InChI=1S/C16H14FNO2/c17-11-5-7-12(8-6-11)18-15(19)13-9-1-2-10(4-3-9)14(13)16(18)20/h1-2,5-10,13-14H,3-4H2/t9-,10-,13-,14-/m0/s1. The quantitative estimate of drug-likeness (QED) is 0.581. The lowest BCUT2D eigenvalue weighted by atomic mass is 9.63. The maximum absolute atomic E-state index is 13.0. The third kappa shape index (κ3) is 1.45. The second-order valence-electron chi connectivity index (χ2n) is 5.83. The van der Waals surface area contributed by atoms with Crippen LogP contribution in [0, 0.1) is 29.5 Å². The normalized spacial score (nSPS) is 34.8. The van der Waals surface area contributed by atoms with E-state index in [1.165, 1.54) is 29.2 Å². The fraction of sp³-hybridized carbons (Fsp3) is 0.375. The monoisotopic (exact) mass is 271 g/mol. The molecular weight excluding hydrogens is 257 g/mol. The molecule has 4 aliphatic rings. The average Bonchev–Trinajstić information content (AvgIpc) is 2.76. The van der Waals surface area contributed by atoms with Crippen molar-refractivity contribution in [3.63, 3.8) is 0 Å². The molecule has 1 heterocycles. The van der Waals surface area contributed by atoms with Crippen LogP contribution < -0.4 is 4.90 Å². The van der Waals surface area contributed by atoms with Gasteiger partial charge in [-0.25, -0.2) is 4.39 Å². The number of rotatable bonds is 1. The molecule has 4 atom stereocenters. The number of anilines is 1. The van der Waals surface area contributed by atoms with E-state index in [4.69, 9.17) is 0 Å². The molecule has 0 spiro atoms. The van der Waals surface area contributed by atoms with E-state index in [0.717, 1.165) is 12.8 Å². The molecule has 2 bridgehead atoms. The van der Waals surface area contributed by atoms with Crippen molar-refractivity contribution < 1.29 is 14.0 Å². The first kappa shape index (κ1) is 11.8. The van der Waals surface area contributed by atoms with Gasteiger partial charge >= 0.3 is 0 Å². The third-order valence-corrected chi connectivity index (χ3v) is 4.84. The molecule has 2 amide bonds. The summed E-state index contributed by atoms with van der Waals surface area (Å²) < 4.78 is 13.0. The molecule has 102 valence electrons. The highest BCUT2D eigenvalue weighted by molar-refractivity contribution is 6.22. The summed E-state index contributed by atoms with van der Waals surface area (Å²) in [5, 5.41) is 0. The summed E-state index contributed by atoms with van der Waals surface area (Å²) in [6.45, 7) is 0. The topological polar surface area (TPSA) is 37.4 Å². The van der Waals surface area contributed by atoms with Crippen molar-refractivity contribution in [2.45, 2.75) is 12.8 Å². The van der Waals surface area contributed by atoms with E-state index in [-0.39, 0.29) is 41.3 Å². The van der Waals surface area contributed by atoms with E-state index >= 15 is 0 Å². The third-order valence-electron chi connectivity index (χ3n) is 4.84. The largest absolute Gasteiger partial charge is 0.274 e. The Morgan fingerprint density at radius 1 is 0.900 bits per heavy atom. The van der Waals surface area contributed by atoms with Crippen molar-refractivity contribution >= 4 is 17.5 Å². The summed E-state index contributed by atoms with van der Waals surface area (Å²) in [5.41, 5.74) is 0.482. The summed E-state index contributed by atoms with van der Waals surface area (Å²) in [5.74, 6) is -0.658. The van der Waals surface area contributed by atoms with Crippen LogP contribution in [0.3, 0.4) is 0 Å². The summed E-state index contributed by atoms with van der Waals surface area (Å²) in [6, 6.07) is 5.56. The zero-order valence-corrected chi connectivity index (χ0v) is 10.8. The summed E-state index contributed by atoms with van der Waals surface area (Å²) in [7, 11) is 0. The van der Waals surface area contributed by atoms with Crippen molar-refractivity contribution in [2.24, 2.45) is 23.7 Å². The molecule has 0 aromatic heterocycles. The Kier molecular flexibility index (Phi) is 2.37. The number of halogens is 1. The Morgan fingerprint density at radius 3 is 1.85 bits per heavy atom. The van der Waals surface area contributed by atoms with Crippen LogP contribution in [0.15, 0.2) is 36.4 Å². The second-order valence-corrected chi connectivity index (χ2v) is 5.83. The molecule has 0 radical (unpaired) electrons. The molecule has 0 unspecified atom stereocenters. The molecule has 0 N–H and O–H groups in total. The van der Waals surface area contributed by atoms with Gasteiger partial charge in [0.15, 0.2) is 0 Å². The number of imide groups is 1. The maximum Gasteiger partial charge on any atom is 0.238 e. The lowest BCUT2D eigenvalue weighted by Crippen LogP contribution is -2.38. The molecule has 2 fully saturated rings. The van der Waals surface area contributed by atoms with Gasteiger partial charge in [-0.2, -0.15) is 0 Å². The second kappa shape index (κ2) is 4.01. The van der Waals surface area contributed by atoms with Crippen LogP contribution in [0.2, 0.25) is 0 Å². The van der Waals surface area contributed by atoms with Crippen LogP contribution in [0.5, 0.6) is 0 Å². The first-order valence-electron chi connectivity index (χ1n) is 6.98. The van der Waals surface area contributed by atoms with Crippen LogP contribution in [-0.2, 0) is 9.59 Å². The minimum Gasteiger partial charge on any atom is -0.274 e. The lowest BCUT2D eigenvalue weighted by molar-refractivity contribution is -0.124. The molecule has 20 heavy (non-hydrogen) atoms. The minimum atomic E-state index is -0.369. The van der Waals surface area contributed by atoms with Crippen molar-refractivity contribution in [1.82, 2.24) is 0 Å². The van der Waals surface area contributed by atoms with E-state index < -0.39 is 0 Å². The molecular formula is C16H14FNO2. The summed E-state index contributed by atoms with van der Waals surface area (Å²) in [4.78, 5) is 26.5. The number of hydrogen-bond acceptors (Lipinski definition) is 2. The number of nitrogens with zero attached hydrogens (tertiary/aromatic N) is 1. The summed E-state index contributed by atoms with van der Waals surface area (Å²) in [6.07, 6.45) is 6.15. The molecule has 1 aliphatic heterocycles. The number of benzene rings is 1. The molecule has 1 aromatic rings. The number of hydrogen-bond donors (Lipinski definition) is 0. The van der Waals surface area contributed by atoms with E-state index in [1.54, 1.807) is 0 Å². The number of carbonyl (C=O) groups is 2. The molecule has 1 aromatic carbocycles. The van der Waals surface area contributed by atoms with E-state index in [9.17, 15) is 14.0 Å². The van der Waals surface area contributed by atoms with E-state index in [2.05, 4.69) is 12.2 Å². The Bertz CT molecular complexity index is 590. The molecule has 1 saturated heterocycles. The van der Waals surface area contributed by atoms with Crippen LogP contribution in [0.4, 0.5) is 10.1 Å². The Labute approximate surface area is 116 Å². The van der Waals surface area contributed by atoms with E-state index in [0.29, 0.717) is 5.69 Å². The highest BCUT2D eigenvalue weighted by Gasteiger charge is 2.56. The van der Waals surface area contributed by atoms with Gasteiger partial charge in [0, 0.05) is 0 Å². The van der Waals surface area contributed by atoms with Crippen molar-refractivity contribution in [3.8, 4) is 0 Å². The summed E-state index contributed by atoms with van der Waals surface area (Å²) >= 11 is 0. The Hall–Kier alpha value is -1.97. The molecule has 5 rings (SSSR count). The van der Waals surface area contributed by atoms with Gasteiger partial charge in [0.1, 0.15) is 5.82 Å². The molecule has 1 saturated carbocycles. The zero-order valence-electron chi connectivity index (χ0n) is 10.8. The molecule has 3 aliphatic carbocycles. The van der Waals surface area contributed by atoms with Gasteiger partial charge in [0.05, 0.1) is 17.5 Å². The van der Waals surface area contributed by atoms with Gasteiger partial charge in [0.2, 0.25) is 11.8 Å². The fourth-order valence-electron chi connectivity index (χ4n) is 3.92. The fourth-order valence-corrected chi connectivity index (χ4v) is 3.92. The van der Waals surface area contributed by atoms with Gasteiger partial charge in [-0.1, -0.05) is 12.2 Å². The predicted molar refractivity (Wildman–Crippen MR) is 71.2 cm³/mol. The van der Waals surface area contributed by atoms with Gasteiger partial charge in [0.25, 0.3) is 0 Å². The van der Waals surface area contributed by atoms with Crippen molar-refractivity contribution in [3.05, 3.63) is 42.2 Å². The van der Waals surface area contributed by atoms with Gasteiger partial charge in [-0.05, 0) is 48.9 Å². The maximum atomic E-state index is 13.0. The van der Waals surface area contributed by atoms with Crippen molar-refractivity contribution in [1.29, 1.82) is 0 Å². The number of carbonyl (C=O) groups excluding carboxylic acids is 2. The molecule has 3 nitrogen and oxygen atoms in total. The first-order chi connectivity index (χ1) is 9.66. The van der Waals surface area contributed by atoms with Crippen LogP contribution in [0.25, 0.3) is 0 Å². The van der Waals surface area contributed by atoms with Gasteiger partial charge in [-0.3, -0.25) is 14.5 Å².